The zero-order chi connectivity index (χ0) is 22.2. The molecule has 0 aromatic heterocycles. The lowest BCUT2D eigenvalue weighted by atomic mass is 9.30. The molecule has 0 saturated heterocycles. The van der Waals surface area contributed by atoms with E-state index < -0.39 is 0 Å². The predicted molar refractivity (Wildman–Crippen MR) is 139 cm³/mol. The van der Waals surface area contributed by atoms with Crippen molar-refractivity contribution >= 4 is 40.2 Å². The molecule has 2 heteroatoms. The largest absolute Gasteiger partial charge is 0.311 e. The van der Waals surface area contributed by atoms with Crippen LogP contribution in [0.2, 0.25) is 0 Å². The average molecular weight is 413 g/mol. The van der Waals surface area contributed by atoms with E-state index in [1.807, 2.05) is 0 Å². The molecule has 0 N–H and O–H groups in total. The van der Waals surface area contributed by atoms with Gasteiger partial charge in [-0.2, -0.15) is 0 Å². The first-order valence-electron chi connectivity index (χ1n) is 11.6. The molecular formula is C30H28BN. The number of nitrogens with zero attached hydrogens (tertiary/aromatic N) is 1. The normalized spacial score (nSPS) is 15.2. The van der Waals surface area contributed by atoms with Gasteiger partial charge < -0.3 is 4.90 Å². The Balaban J connectivity index is 1.75. The number of hydrogen-bond donors (Lipinski definition) is 0. The fourth-order valence-electron chi connectivity index (χ4n) is 6.37. The van der Waals surface area contributed by atoms with Crippen molar-refractivity contribution in [1.82, 2.24) is 0 Å². The maximum absolute atomic E-state index is 2.53. The molecule has 2 heterocycles. The topological polar surface area (TPSA) is 3.24 Å². The Morgan fingerprint density at radius 1 is 0.656 bits per heavy atom. The van der Waals surface area contributed by atoms with Crippen molar-refractivity contribution in [1.29, 1.82) is 0 Å². The molecule has 0 unspecified atom stereocenters. The highest BCUT2D eigenvalue weighted by molar-refractivity contribution is 6.99. The Morgan fingerprint density at radius 3 is 2.00 bits per heavy atom. The van der Waals surface area contributed by atoms with E-state index in [9.17, 15) is 0 Å². The summed E-state index contributed by atoms with van der Waals surface area (Å²) in [6, 6.07) is 29.6. The summed E-state index contributed by atoms with van der Waals surface area (Å²) in [5, 5.41) is 0. The number of para-hydroxylation sites is 1. The van der Waals surface area contributed by atoms with Crippen LogP contribution in [0.3, 0.4) is 0 Å². The summed E-state index contributed by atoms with van der Waals surface area (Å²) < 4.78 is 0. The molecule has 0 aliphatic carbocycles. The Hall–Kier alpha value is -3.26. The second-order valence-electron chi connectivity index (χ2n) is 10.0. The van der Waals surface area contributed by atoms with Gasteiger partial charge in [-0.1, -0.05) is 91.6 Å². The number of aryl methyl sites for hydroxylation is 3. The van der Waals surface area contributed by atoms with Crippen molar-refractivity contribution in [2.45, 2.75) is 40.0 Å². The van der Waals surface area contributed by atoms with Gasteiger partial charge in [0.25, 0.3) is 0 Å². The molecule has 4 aromatic rings. The fraction of sp³-hybridized carbons (Fsp3) is 0.200. The highest BCUT2D eigenvalue weighted by atomic mass is 15.2. The van der Waals surface area contributed by atoms with Gasteiger partial charge in [0.2, 0.25) is 6.71 Å². The van der Waals surface area contributed by atoms with Crippen molar-refractivity contribution < 1.29 is 0 Å². The first-order valence-corrected chi connectivity index (χ1v) is 11.6. The lowest BCUT2D eigenvalue weighted by Crippen LogP contribution is -2.64. The Labute approximate surface area is 191 Å². The molecule has 0 saturated carbocycles. The monoisotopic (exact) mass is 413 g/mol. The van der Waals surface area contributed by atoms with Crippen LogP contribution in [-0.4, -0.2) is 6.71 Å². The predicted octanol–water partition coefficient (Wildman–Crippen LogP) is 5.55. The van der Waals surface area contributed by atoms with Gasteiger partial charge >= 0.3 is 0 Å². The first-order chi connectivity index (χ1) is 15.4. The Bertz CT molecular complexity index is 1370. The lowest BCUT2D eigenvalue weighted by molar-refractivity contribution is 0.646. The average Bonchev–Trinajstić information content (AvgIpc) is 2.77. The van der Waals surface area contributed by atoms with Crippen LogP contribution in [0.1, 0.15) is 41.7 Å². The highest BCUT2D eigenvalue weighted by Crippen LogP contribution is 2.43. The van der Waals surface area contributed by atoms with E-state index in [2.05, 4.69) is 118 Å². The van der Waals surface area contributed by atoms with Crippen molar-refractivity contribution in [3.05, 3.63) is 107 Å². The van der Waals surface area contributed by atoms with Gasteiger partial charge in [0.15, 0.2) is 0 Å². The third kappa shape index (κ3) is 2.47. The maximum Gasteiger partial charge on any atom is 0.247 e. The summed E-state index contributed by atoms with van der Waals surface area (Å²) >= 11 is 0. The molecule has 2 aliphatic heterocycles. The van der Waals surface area contributed by atoms with Crippen LogP contribution in [0.15, 0.2) is 78.9 Å². The standard InChI is InChI=1S/C30H28BN/c1-19-17-20(2)29(21(3)18-19)32-26-15-9-8-14-25(26)31-24-13-7-6-11-22(24)30(4,5)23-12-10-16-27(32)28(23)31/h6-18H,1-5H3. The maximum atomic E-state index is 2.53. The molecule has 2 aliphatic rings. The minimum Gasteiger partial charge on any atom is -0.311 e. The smallest absolute Gasteiger partial charge is 0.247 e. The summed E-state index contributed by atoms with van der Waals surface area (Å²) in [6.07, 6.45) is 0. The van der Waals surface area contributed by atoms with E-state index in [1.54, 1.807) is 0 Å². The van der Waals surface area contributed by atoms with Crippen LogP contribution in [0.5, 0.6) is 0 Å². The summed E-state index contributed by atoms with van der Waals surface area (Å²) in [5.74, 6) is 0. The SMILES string of the molecule is Cc1cc(C)c(N2c3ccccc3B3c4ccccc4C(C)(C)c4cccc2c43)c(C)c1. The molecule has 156 valence electrons. The summed E-state index contributed by atoms with van der Waals surface area (Å²) in [4.78, 5) is 2.53. The summed E-state index contributed by atoms with van der Waals surface area (Å²) in [6.45, 7) is 11.7. The summed E-state index contributed by atoms with van der Waals surface area (Å²) in [5.41, 5.74) is 15.1. The van der Waals surface area contributed by atoms with Crippen molar-refractivity contribution in [2.75, 3.05) is 4.90 Å². The van der Waals surface area contributed by atoms with Gasteiger partial charge in [-0.05, 0) is 66.1 Å². The van der Waals surface area contributed by atoms with Gasteiger partial charge in [0.1, 0.15) is 0 Å². The van der Waals surface area contributed by atoms with E-state index in [0.29, 0.717) is 0 Å². The highest BCUT2D eigenvalue weighted by Gasteiger charge is 2.45. The molecule has 1 nitrogen and oxygen atoms in total. The van der Waals surface area contributed by atoms with Crippen LogP contribution >= 0.6 is 0 Å². The van der Waals surface area contributed by atoms with Crippen LogP contribution < -0.4 is 21.3 Å². The number of fused-ring (bicyclic) bond motifs is 4. The molecule has 0 atom stereocenters. The molecule has 0 radical (unpaired) electrons. The molecule has 0 fully saturated rings. The van der Waals surface area contributed by atoms with E-state index in [-0.39, 0.29) is 12.1 Å². The van der Waals surface area contributed by atoms with Gasteiger partial charge in [-0.25, -0.2) is 0 Å². The minimum absolute atomic E-state index is 0.0340. The third-order valence-corrected chi connectivity index (χ3v) is 7.58. The van der Waals surface area contributed by atoms with Crippen LogP contribution in [0.4, 0.5) is 17.1 Å². The second kappa shape index (κ2) is 6.62. The van der Waals surface area contributed by atoms with Gasteiger partial charge in [-0.3, -0.25) is 0 Å². The Kier molecular flexibility index (Phi) is 4.02. The Morgan fingerprint density at radius 2 is 1.25 bits per heavy atom. The third-order valence-electron chi connectivity index (χ3n) is 7.58. The molecular weight excluding hydrogens is 385 g/mol. The fourth-order valence-corrected chi connectivity index (χ4v) is 6.37. The minimum atomic E-state index is -0.0340. The zero-order valence-corrected chi connectivity index (χ0v) is 19.5. The molecule has 32 heavy (non-hydrogen) atoms. The van der Waals surface area contributed by atoms with Gasteiger partial charge in [0, 0.05) is 16.8 Å². The molecule has 4 aromatic carbocycles. The molecule has 0 bridgehead atoms. The van der Waals surface area contributed by atoms with Gasteiger partial charge in [0.05, 0.1) is 5.69 Å². The first kappa shape index (κ1) is 19.4. The number of benzene rings is 4. The zero-order valence-electron chi connectivity index (χ0n) is 19.5. The van der Waals surface area contributed by atoms with Crippen LogP contribution in [0.25, 0.3) is 0 Å². The van der Waals surface area contributed by atoms with Crippen molar-refractivity contribution in [3.63, 3.8) is 0 Å². The number of hydrogen-bond acceptors (Lipinski definition) is 1. The summed E-state index contributed by atoms with van der Waals surface area (Å²) in [7, 11) is 0. The van der Waals surface area contributed by atoms with Crippen molar-refractivity contribution in [2.24, 2.45) is 0 Å². The number of rotatable bonds is 1. The number of anilines is 3. The lowest BCUT2D eigenvalue weighted by Gasteiger charge is -2.45. The molecule has 0 spiro atoms. The molecule has 0 amide bonds. The van der Waals surface area contributed by atoms with Crippen LogP contribution in [0, 0.1) is 20.8 Å². The van der Waals surface area contributed by atoms with Gasteiger partial charge in [-0.15, -0.1) is 0 Å². The van der Waals surface area contributed by atoms with E-state index in [1.165, 1.54) is 61.3 Å². The second-order valence-corrected chi connectivity index (χ2v) is 10.0. The van der Waals surface area contributed by atoms with Crippen molar-refractivity contribution in [3.8, 4) is 0 Å². The van der Waals surface area contributed by atoms with E-state index >= 15 is 0 Å². The van der Waals surface area contributed by atoms with E-state index in [0.717, 1.165) is 0 Å². The molecule has 6 rings (SSSR count). The van der Waals surface area contributed by atoms with E-state index in [4.69, 9.17) is 0 Å². The quantitative estimate of drug-likeness (QED) is 0.326. The van der Waals surface area contributed by atoms with Crippen LogP contribution in [-0.2, 0) is 5.41 Å².